The summed E-state index contributed by atoms with van der Waals surface area (Å²) >= 11 is 13.2. The first-order chi connectivity index (χ1) is 38.2. The number of aliphatic hydroxyl groups is 2. The Morgan fingerprint density at radius 2 is 1.58 bits per heavy atom. The Hall–Kier alpha value is -6.90. The Bertz CT molecular complexity index is 3350. The van der Waals surface area contributed by atoms with E-state index in [2.05, 4.69) is 31.0 Å². The summed E-state index contributed by atoms with van der Waals surface area (Å²) in [7, 11) is 1.77. The van der Waals surface area contributed by atoms with Gasteiger partial charge in [0.2, 0.25) is 23.6 Å². The van der Waals surface area contributed by atoms with Crippen LogP contribution in [-0.2, 0) is 58.8 Å². The van der Waals surface area contributed by atoms with Crippen LogP contribution in [0.3, 0.4) is 0 Å². The van der Waals surface area contributed by atoms with Crippen molar-refractivity contribution < 1.29 is 29.4 Å². The molecule has 7 aromatic rings. The van der Waals surface area contributed by atoms with Crippen LogP contribution in [0.2, 0.25) is 10.0 Å². The lowest BCUT2D eigenvalue weighted by molar-refractivity contribution is -0.136. The minimum atomic E-state index is -1.16. The van der Waals surface area contributed by atoms with Crippen LogP contribution < -0.4 is 21.5 Å². The van der Waals surface area contributed by atoms with Crippen LogP contribution in [0, 0.1) is 0 Å². The molecule has 1 fully saturated rings. The molecular weight excluding hydrogens is 1050 g/mol. The smallest absolute Gasteiger partial charge is 0.281 e. The highest BCUT2D eigenvalue weighted by atomic mass is 35.5. The minimum absolute atomic E-state index is 0.000520. The number of fused-ring (bicyclic) bond motifs is 4. The molecule has 418 valence electrons. The number of aliphatic hydroxyl groups excluding tert-OH is 1. The first kappa shape index (κ1) is 56.8. The fraction of sp³-hybridized carbons (Fsp3) is 0.448. The monoisotopic (exact) mass is 1120 g/mol. The quantitative estimate of drug-likeness (QED) is 0.0352. The molecule has 0 bridgehead atoms. The van der Waals surface area contributed by atoms with Gasteiger partial charge in [-0.2, -0.15) is 10.2 Å². The van der Waals surface area contributed by atoms with Gasteiger partial charge in [-0.15, -0.1) is 0 Å². The third-order valence-electron chi connectivity index (χ3n) is 15.4. The summed E-state index contributed by atoms with van der Waals surface area (Å²) in [5.41, 5.74) is 6.91. The number of hydrogen-bond donors (Lipinski definition) is 6. The first-order valence-corrected chi connectivity index (χ1v) is 28.2. The number of amides is 4. The highest BCUT2D eigenvalue weighted by Gasteiger charge is 2.35. The number of nitrogens with one attached hydrogen (secondary N) is 4. The van der Waals surface area contributed by atoms with E-state index in [1.54, 1.807) is 27.4 Å². The van der Waals surface area contributed by atoms with Crippen molar-refractivity contribution in [3.05, 3.63) is 122 Å². The molecule has 2 aliphatic rings. The highest BCUT2D eigenvalue weighted by molar-refractivity contribution is 6.45. The molecule has 9 rings (SSSR count). The molecule has 79 heavy (non-hydrogen) atoms. The standard InChI is InChI=1S/C58H70Cl2N12O7/c1-38(40-12-8-7-9-13-40)30-49(76)69-27-21-58(79,22-28-69)36-71-37-64-54-55(57(71)78)67-68(2)56(54)41-17-15-39(16-18-41)32-61-33-48(75)62-23-11-6-4-3-5-10-14-47(74)63-24-29-72-26-20-46(66-72)42-31-44(59)52(60)53-51(42)43-34-70(50(77)35-73)25-19-45(43)65-53/h7-9,12-13,15-18,20,26,31,37-38,61,65,73,79H,3-6,10-11,14,19,21-25,27-30,32-36H2,1-2H3,(H,62,75)(H,63,74)/t38-/m1/s1. The highest BCUT2D eigenvalue weighted by Crippen LogP contribution is 2.42. The van der Waals surface area contributed by atoms with Crippen LogP contribution in [0.5, 0.6) is 0 Å². The van der Waals surface area contributed by atoms with Crippen molar-refractivity contribution >= 4 is 68.8 Å². The minimum Gasteiger partial charge on any atom is -0.388 e. The van der Waals surface area contributed by atoms with Crippen molar-refractivity contribution in [2.45, 2.75) is 115 Å². The summed E-state index contributed by atoms with van der Waals surface area (Å²) in [4.78, 5) is 75.8. The number of aromatic nitrogens is 7. The van der Waals surface area contributed by atoms with Crippen molar-refractivity contribution in [2.24, 2.45) is 7.05 Å². The van der Waals surface area contributed by atoms with Crippen LogP contribution in [0.25, 0.3) is 44.5 Å². The lowest BCUT2D eigenvalue weighted by atomic mass is 9.90. The summed E-state index contributed by atoms with van der Waals surface area (Å²) in [5, 5.41) is 41.1. The van der Waals surface area contributed by atoms with E-state index >= 15 is 0 Å². The van der Waals surface area contributed by atoms with Crippen molar-refractivity contribution in [3.63, 3.8) is 0 Å². The van der Waals surface area contributed by atoms with E-state index in [-0.39, 0.29) is 53.7 Å². The van der Waals surface area contributed by atoms with Crippen molar-refractivity contribution in [3.8, 4) is 22.5 Å². The number of nitrogens with zero attached hydrogens (tertiary/aromatic N) is 8. The van der Waals surface area contributed by atoms with Gasteiger partial charge in [-0.3, -0.25) is 37.9 Å². The van der Waals surface area contributed by atoms with Gasteiger partial charge in [-0.25, -0.2) is 4.98 Å². The number of hydrogen-bond acceptors (Lipinski definition) is 11. The molecule has 19 nitrogen and oxygen atoms in total. The van der Waals surface area contributed by atoms with Crippen LogP contribution in [0.4, 0.5) is 0 Å². The Morgan fingerprint density at radius 1 is 0.848 bits per heavy atom. The summed E-state index contributed by atoms with van der Waals surface area (Å²) in [6.07, 6.45) is 11.1. The van der Waals surface area contributed by atoms with Gasteiger partial charge < -0.3 is 40.9 Å². The zero-order valence-electron chi connectivity index (χ0n) is 44.9. The number of benzene rings is 3. The molecule has 6 N–H and O–H groups in total. The summed E-state index contributed by atoms with van der Waals surface area (Å²) < 4.78 is 4.85. The fourth-order valence-corrected chi connectivity index (χ4v) is 11.3. The molecule has 0 saturated carbocycles. The maximum atomic E-state index is 13.7. The number of likely N-dealkylation sites (tertiary alicyclic amines) is 1. The molecule has 1 saturated heterocycles. The number of carbonyl (C=O) groups is 4. The van der Waals surface area contributed by atoms with E-state index in [1.807, 2.05) is 78.7 Å². The Balaban J connectivity index is 0.625. The number of piperidine rings is 1. The topological polar surface area (TPSA) is 238 Å². The van der Waals surface area contributed by atoms with E-state index < -0.39 is 12.2 Å². The molecule has 21 heteroatoms. The van der Waals surface area contributed by atoms with Crippen LogP contribution in [0.15, 0.2) is 84.0 Å². The van der Waals surface area contributed by atoms with Gasteiger partial charge in [-0.1, -0.05) is 110 Å². The molecule has 4 aromatic heterocycles. The SMILES string of the molecule is C[C@H](CC(=O)N1CCC(O)(Cn2cnc3c(-c4ccc(CNCC(=O)NCCCCCCCCC(=O)NCCn5ccc(-c6cc(Cl)c(Cl)c7[nH]c8c(c67)CN(C(=O)CO)CC8)n5)cc4)n(C)nc3c2=O)CC1)c1ccccc1. The fourth-order valence-electron chi connectivity index (χ4n) is 10.9. The van der Waals surface area contributed by atoms with Gasteiger partial charge in [0.1, 0.15) is 12.1 Å². The zero-order valence-corrected chi connectivity index (χ0v) is 46.4. The van der Waals surface area contributed by atoms with Gasteiger partial charge in [0.05, 0.1) is 58.5 Å². The molecule has 0 spiro atoms. The van der Waals surface area contributed by atoms with Gasteiger partial charge in [0.15, 0.2) is 5.52 Å². The number of aromatic amines is 1. The summed E-state index contributed by atoms with van der Waals surface area (Å²) in [6.45, 7) is 5.41. The van der Waals surface area contributed by atoms with Gasteiger partial charge in [-0.05, 0) is 54.9 Å². The second kappa shape index (κ2) is 25.9. The number of aryl methyl sites for hydroxylation is 1. The van der Waals surface area contributed by atoms with Gasteiger partial charge in [0.25, 0.3) is 5.56 Å². The molecule has 6 heterocycles. The molecule has 2 aliphatic heterocycles. The molecule has 0 radical (unpaired) electrons. The van der Waals surface area contributed by atoms with E-state index in [1.165, 1.54) is 10.9 Å². The maximum Gasteiger partial charge on any atom is 0.281 e. The van der Waals surface area contributed by atoms with Crippen molar-refractivity contribution in [1.82, 2.24) is 59.8 Å². The predicted octanol–water partition coefficient (Wildman–Crippen LogP) is 6.63. The number of halogens is 2. The van der Waals surface area contributed by atoms with E-state index in [0.29, 0.717) is 117 Å². The van der Waals surface area contributed by atoms with Crippen LogP contribution in [0.1, 0.15) is 99.4 Å². The summed E-state index contributed by atoms with van der Waals surface area (Å²) in [5.74, 6) is -0.242. The molecule has 4 amide bonds. The Morgan fingerprint density at radius 3 is 2.34 bits per heavy atom. The normalized spacial score (nSPS) is 14.7. The van der Waals surface area contributed by atoms with Crippen LogP contribution >= 0.6 is 23.2 Å². The summed E-state index contributed by atoms with van der Waals surface area (Å²) in [6, 6.07) is 21.5. The molecule has 0 aliphatic carbocycles. The van der Waals surface area contributed by atoms with Crippen molar-refractivity contribution in [1.29, 1.82) is 0 Å². The molecule has 3 aromatic carbocycles. The second-order valence-corrected chi connectivity index (χ2v) is 21.9. The lowest BCUT2D eigenvalue weighted by Crippen LogP contribution is -2.49. The third-order valence-corrected chi connectivity index (χ3v) is 16.2. The largest absolute Gasteiger partial charge is 0.388 e. The van der Waals surface area contributed by atoms with Gasteiger partial charge >= 0.3 is 0 Å². The average Bonchev–Trinajstić information content (AvgIpc) is 4.41. The average molecular weight is 1120 g/mol. The predicted molar refractivity (Wildman–Crippen MR) is 304 cm³/mol. The number of H-pyrrole nitrogens is 1. The lowest BCUT2D eigenvalue weighted by Gasteiger charge is -2.38. The second-order valence-electron chi connectivity index (χ2n) is 21.1. The van der Waals surface area contributed by atoms with Gasteiger partial charge in [0, 0.05) is 106 Å². The van der Waals surface area contributed by atoms with Crippen LogP contribution in [-0.4, -0.2) is 129 Å². The van der Waals surface area contributed by atoms with E-state index in [0.717, 1.165) is 77.4 Å². The number of carbonyl (C=O) groups excluding carboxylic acids is 4. The molecule has 1 atom stereocenters. The molecule has 0 unspecified atom stereocenters. The third kappa shape index (κ3) is 13.8. The first-order valence-electron chi connectivity index (χ1n) is 27.4. The Labute approximate surface area is 468 Å². The maximum absolute atomic E-state index is 13.7. The molecular formula is C58H70Cl2N12O7. The van der Waals surface area contributed by atoms with E-state index in [4.69, 9.17) is 28.3 Å². The Kier molecular flexibility index (Phi) is 18.6. The van der Waals surface area contributed by atoms with Crippen molar-refractivity contribution in [2.75, 3.05) is 45.9 Å². The zero-order chi connectivity index (χ0) is 55.6. The number of unbranched alkanes of at least 4 members (excludes halogenated alkanes) is 5. The van der Waals surface area contributed by atoms with E-state index in [9.17, 15) is 34.2 Å². The number of rotatable bonds is 24.